The lowest BCUT2D eigenvalue weighted by atomic mass is 10.0. The summed E-state index contributed by atoms with van der Waals surface area (Å²) in [5, 5.41) is 6.08. The SMILES string of the molecule is O=C(NCC1CCCOC1)C1CNCCO1. The standard InChI is InChI=1S/C11H20N2O3/c14-11(10-7-12-3-5-16-10)13-6-9-2-1-4-15-8-9/h9-10,12H,1-8H2,(H,13,14). The van der Waals surface area contributed by atoms with E-state index in [1.165, 1.54) is 0 Å². The minimum absolute atomic E-state index is 0.00206. The molecule has 2 N–H and O–H groups in total. The van der Waals surface area contributed by atoms with Gasteiger partial charge >= 0.3 is 0 Å². The molecule has 1 amide bonds. The molecule has 2 atom stereocenters. The van der Waals surface area contributed by atoms with Gasteiger partial charge in [-0.25, -0.2) is 0 Å². The zero-order valence-corrected chi connectivity index (χ0v) is 9.54. The molecule has 2 aliphatic rings. The van der Waals surface area contributed by atoms with Crippen molar-refractivity contribution in [1.82, 2.24) is 10.6 Å². The summed E-state index contributed by atoms with van der Waals surface area (Å²) in [6.07, 6.45) is 1.92. The number of rotatable bonds is 3. The summed E-state index contributed by atoms with van der Waals surface area (Å²) in [6, 6.07) is 0. The molecular weight excluding hydrogens is 208 g/mol. The Bertz CT molecular complexity index is 223. The van der Waals surface area contributed by atoms with Gasteiger partial charge in [-0.15, -0.1) is 0 Å². The maximum atomic E-state index is 11.7. The Balaban J connectivity index is 1.65. The lowest BCUT2D eigenvalue weighted by molar-refractivity contribution is -0.134. The molecule has 0 aromatic rings. The Morgan fingerprint density at radius 1 is 1.44 bits per heavy atom. The molecule has 0 aromatic carbocycles. The topological polar surface area (TPSA) is 59.6 Å². The second-order valence-corrected chi connectivity index (χ2v) is 4.39. The van der Waals surface area contributed by atoms with Gasteiger partial charge in [-0.3, -0.25) is 4.79 Å². The molecule has 16 heavy (non-hydrogen) atoms. The van der Waals surface area contributed by atoms with Gasteiger partial charge in [0.25, 0.3) is 0 Å². The average molecular weight is 228 g/mol. The number of ether oxygens (including phenoxy) is 2. The van der Waals surface area contributed by atoms with Crippen molar-refractivity contribution in [3.05, 3.63) is 0 Å². The summed E-state index contributed by atoms with van der Waals surface area (Å²) in [5.41, 5.74) is 0. The van der Waals surface area contributed by atoms with Crippen LogP contribution in [0.3, 0.4) is 0 Å². The fourth-order valence-electron chi connectivity index (χ4n) is 2.06. The quantitative estimate of drug-likeness (QED) is 0.685. The number of hydrogen-bond acceptors (Lipinski definition) is 4. The number of carbonyl (C=O) groups is 1. The van der Waals surface area contributed by atoms with Crippen LogP contribution in [0.25, 0.3) is 0 Å². The van der Waals surface area contributed by atoms with Gasteiger partial charge in [0.1, 0.15) is 6.10 Å². The lowest BCUT2D eigenvalue weighted by Crippen LogP contribution is -2.49. The summed E-state index contributed by atoms with van der Waals surface area (Å²) in [4.78, 5) is 11.7. The second-order valence-electron chi connectivity index (χ2n) is 4.39. The van der Waals surface area contributed by atoms with E-state index in [4.69, 9.17) is 9.47 Å². The Morgan fingerprint density at radius 3 is 3.06 bits per heavy atom. The summed E-state index contributed by atoms with van der Waals surface area (Å²) in [6.45, 7) is 4.40. The molecule has 0 aromatic heterocycles. The highest BCUT2D eigenvalue weighted by Crippen LogP contribution is 2.12. The highest BCUT2D eigenvalue weighted by atomic mass is 16.5. The number of morpholine rings is 1. The predicted molar refractivity (Wildman–Crippen MR) is 59.2 cm³/mol. The molecule has 2 unspecified atom stereocenters. The molecule has 2 fully saturated rings. The van der Waals surface area contributed by atoms with E-state index in [0.717, 1.165) is 32.6 Å². The molecule has 2 heterocycles. The van der Waals surface area contributed by atoms with Crippen LogP contribution in [0.5, 0.6) is 0 Å². The van der Waals surface area contributed by atoms with E-state index in [0.29, 0.717) is 25.6 Å². The molecule has 2 saturated heterocycles. The normalized spacial score (nSPS) is 31.0. The van der Waals surface area contributed by atoms with E-state index in [9.17, 15) is 4.79 Å². The van der Waals surface area contributed by atoms with Crippen LogP contribution in [0, 0.1) is 5.92 Å². The van der Waals surface area contributed by atoms with E-state index < -0.39 is 0 Å². The minimum atomic E-state index is -0.321. The van der Waals surface area contributed by atoms with Gasteiger partial charge in [0.05, 0.1) is 13.2 Å². The van der Waals surface area contributed by atoms with Crippen molar-refractivity contribution < 1.29 is 14.3 Å². The van der Waals surface area contributed by atoms with Gasteiger partial charge in [0, 0.05) is 26.2 Å². The highest BCUT2D eigenvalue weighted by molar-refractivity contribution is 5.81. The fourth-order valence-corrected chi connectivity index (χ4v) is 2.06. The first-order valence-electron chi connectivity index (χ1n) is 6.04. The van der Waals surface area contributed by atoms with Crippen molar-refractivity contribution in [3.63, 3.8) is 0 Å². The molecule has 5 heteroatoms. The van der Waals surface area contributed by atoms with Crippen LogP contribution in [0.1, 0.15) is 12.8 Å². The summed E-state index contributed by atoms with van der Waals surface area (Å²) >= 11 is 0. The Hall–Kier alpha value is -0.650. The Morgan fingerprint density at radius 2 is 2.38 bits per heavy atom. The summed E-state index contributed by atoms with van der Waals surface area (Å²) in [7, 11) is 0. The third kappa shape index (κ3) is 3.43. The number of hydrogen-bond donors (Lipinski definition) is 2. The molecule has 2 aliphatic heterocycles. The third-order valence-electron chi connectivity index (χ3n) is 3.04. The predicted octanol–water partition coefficient (Wildman–Crippen LogP) is -0.482. The van der Waals surface area contributed by atoms with Crippen molar-refractivity contribution in [2.24, 2.45) is 5.92 Å². The van der Waals surface area contributed by atoms with E-state index >= 15 is 0 Å². The highest BCUT2D eigenvalue weighted by Gasteiger charge is 2.22. The zero-order valence-electron chi connectivity index (χ0n) is 9.54. The monoisotopic (exact) mass is 228 g/mol. The first kappa shape index (κ1) is 11.8. The third-order valence-corrected chi connectivity index (χ3v) is 3.04. The Labute approximate surface area is 95.9 Å². The maximum absolute atomic E-state index is 11.7. The van der Waals surface area contributed by atoms with Crippen molar-refractivity contribution in [2.75, 3.05) is 39.5 Å². The second kappa shape index (κ2) is 6.18. The zero-order chi connectivity index (χ0) is 11.2. The van der Waals surface area contributed by atoms with Crippen molar-refractivity contribution in [3.8, 4) is 0 Å². The minimum Gasteiger partial charge on any atom is -0.381 e. The van der Waals surface area contributed by atoms with E-state index in [2.05, 4.69) is 10.6 Å². The molecule has 0 aliphatic carbocycles. The molecular formula is C11H20N2O3. The van der Waals surface area contributed by atoms with Crippen LogP contribution in [-0.4, -0.2) is 51.5 Å². The number of nitrogens with one attached hydrogen (secondary N) is 2. The molecule has 0 bridgehead atoms. The Kier molecular flexibility index (Phi) is 4.56. The van der Waals surface area contributed by atoms with Gasteiger partial charge in [-0.1, -0.05) is 0 Å². The summed E-state index contributed by atoms with van der Waals surface area (Å²) < 4.78 is 10.7. The van der Waals surface area contributed by atoms with Gasteiger partial charge in [-0.2, -0.15) is 0 Å². The summed E-state index contributed by atoms with van der Waals surface area (Å²) in [5.74, 6) is 0.465. The smallest absolute Gasteiger partial charge is 0.250 e. The molecule has 0 spiro atoms. The van der Waals surface area contributed by atoms with Gasteiger partial charge in [-0.05, 0) is 18.8 Å². The molecule has 92 valence electrons. The van der Waals surface area contributed by atoms with Crippen LogP contribution in [0.15, 0.2) is 0 Å². The van der Waals surface area contributed by atoms with E-state index in [1.54, 1.807) is 0 Å². The van der Waals surface area contributed by atoms with Crippen LogP contribution < -0.4 is 10.6 Å². The fraction of sp³-hybridized carbons (Fsp3) is 0.909. The molecule has 2 rings (SSSR count). The van der Waals surface area contributed by atoms with Crippen LogP contribution >= 0.6 is 0 Å². The van der Waals surface area contributed by atoms with Crippen molar-refractivity contribution in [2.45, 2.75) is 18.9 Å². The van der Waals surface area contributed by atoms with E-state index in [1.807, 2.05) is 0 Å². The lowest BCUT2D eigenvalue weighted by Gasteiger charge is -2.25. The van der Waals surface area contributed by atoms with Crippen LogP contribution in [0.2, 0.25) is 0 Å². The van der Waals surface area contributed by atoms with Crippen LogP contribution in [-0.2, 0) is 14.3 Å². The first-order valence-corrected chi connectivity index (χ1v) is 6.04. The number of carbonyl (C=O) groups excluding carboxylic acids is 1. The van der Waals surface area contributed by atoms with Gasteiger partial charge in [0.2, 0.25) is 5.91 Å². The molecule has 0 saturated carbocycles. The number of amides is 1. The van der Waals surface area contributed by atoms with Gasteiger partial charge in [0.15, 0.2) is 0 Å². The van der Waals surface area contributed by atoms with Gasteiger partial charge < -0.3 is 20.1 Å². The van der Waals surface area contributed by atoms with Crippen molar-refractivity contribution >= 4 is 5.91 Å². The first-order chi connectivity index (χ1) is 7.86. The van der Waals surface area contributed by atoms with Crippen LogP contribution in [0.4, 0.5) is 0 Å². The van der Waals surface area contributed by atoms with Crippen molar-refractivity contribution in [1.29, 1.82) is 0 Å². The van der Waals surface area contributed by atoms with E-state index in [-0.39, 0.29) is 12.0 Å². The average Bonchev–Trinajstić information content (AvgIpc) is 2.38. The largest absolute Gasteiger partial charge is 0.381 e. The maximum Gasteiger partial charge on any atom is 0.250 e. The molecule has 5 nitrogen and oxygen atoms in total. The molecule has 0 radical (unpaired) electrons.